The fourth-order valence-electron chi connectivity index (χ4n) is 1.79. The average Bonchev–Trinajstić information content (AvgIpc) is 2.35. The Bertz CT molecular complexity index is 473. The Morgan fingerprint density at radius 1 is 1.00 bits per heavy atom. The maximum atomic E-state index is 11.0. The van der Waals surface area contributed by atoms with Crippen molar-refractivity contribution in [2.45, 2.75) is 40.5 Å². The zero-order chi connectivity index (χ0) is 14.4. The molecule has 2 heteroatoms. The first-order chi connectivity index (χ1) is 8.93. The fourth-order valence-corrected chi connectivity index (χ4v) is 1.79. The Kier molecular flexibility index (Phi) is 5.56. The van der Waals surface area contributed by atoms with E-state index in [9.17, 15) is 9.90 Å². The molecule has 1 aromatic carbocycles. The van der Waals surface area contributed by atoms with E-state index in [-0.39, 0.29) is 0 Å². The molecular weight excluding hydrogens is 236 g/mol. The minimum atomic E-state index is 0.306. The van der Waals surface area contributed by atoms with Gasteiger partial charge in [-0.2, -0.15) is 0 Å². The summed E-state index contributed by atoms with van der Waals surface area (Å²) in [5, 5.41) is 10.3. The summed E-state index contributed by atoms with van der Waals surface area (Å²) < 4.78 is 0. The van der Waals surface area contributed by atoms with Gasteiger partial charge in [-0.15, -0.1) is 0 Å². The molecule has 0 aliphatic rings. The second kappa shape index (κ2) is 6.93. The summed E-state index contributed by atoms with van der Waals surface area (Å²) in [5.74, 6) is 0.306. The standard InChI is InChI=1S/C17H22O2/c1-12(2)5-7-15-9-14(11-18)10-16(17(15)19)8-6-13(3)4/h5-6,9-11,19H,7-8H2,1-4H3. The van der Waals surface area contributed by atoms with E-state index in [0.717, 1.165) is 17.4 Å². The smallest absolute Gasteiger partial charge is 0.150 e. The SMILES string of the molecule is CC(C)=CCc1cc(C=O)cc(CC=C(C)C)c1O. The van der Waals surface area contributed by atoms with Gasteiger partial charge < -0.3 is 5.11 Å². The molecule has 1 rings (SSSR count). The lowest BCUT2D eigenvalue weighted by molar-refractivity contribution is 0.112. The molecule has 0 heterocycles. The van der Waals surface area contributed by atoms with Gasteiger partial charge in [0.05, 0.1) is 0 Å². The Hall–Kier alpha value is -1.83. The van der Waals surface area contributed by atoms with Crippen molar-refractivity contribution in [3.8, 4) is 5.75 Å². The molecule has 0 bridgehead atoms. The van der Waals surface area contributed by atoms with Gasteiger partial charge >= 0.3 is 0 Å². The molecule has 102 valence electrons. The fraction of sp³-hybridized carbons (Fsp3) is 0.353. The summed E-state index contributed by atoms with van der Waals surface area (Å²) in [7, 11) is 0. The third kappa shape index (κ3) is 4.74. The molecule has 1 N–H and O–H groups in total. The van der Waals surface area contributed by atoms with Crippen LogP contribution in [0.25, 0.3) is 0 Å². The molecule has 0 aliphatic heterocycles. The minimum absolute atomic E-state index is 0.306. The van der Waals surface area contributed by atoms with Gasteiger partial charge in [-0.3, -0.25) is 4.79 Å². The number of phenols is 1. The molecule has 0 fully saturated rings. The van der Waals surface area contributed by atoms with Crippen molar-refractivity contribution in [3.05, 3.63) is 52.1 Å². The van der Waals surface area contributed by atoms with Gasteiger partial charge in [0, 0.05) is 5.56 Å². The molecule has 0 unspecified atom stereocenters. The Morgan fingerprint density at radius 3 is 1.74 bits per heavy atom. The number of rotatable bonds is 5. The molecule has 0 spiro atoms. The predicted octanol–water partition coefficient (Wildman–Crippen LogP) is 4.22. The third-order valence-electron chi connectivity index (χ3n) is 2.89. The molecule has 2 nitrogen and oxygen atoms in total. The molecule has 1 aromatic rings. The van der Waals surface area contributed by atoms with Crippen LogP contribution in [0.3, 0.4) is 0 Å². The first-order valence-corrected chi connectivity index (χ1v) is 6.50. The quantitative estimate of drug-likeness (QED) is 0.634. The highest BCUT2D eigenvalue weighted by atomic mass is 16.3. The highest BCUT2D eigenvalue weighted by molar-refractivity contribution is 5.76. The summed E-state index contributed by atoms with van der Waals surface area (Å²) in [4.78, 5) is 11.0. The number of hydrogen-bond donors (Lipinski definition) is 1. The van der Waals surface area contributed by atoms with Gasteiger partial charge in [0.2, 0.25) is 0 Å². The van der Waals surface area contributed by atoms with Crippen LogP contribution in [0.2, 0.25) is 0 Å². The molecule has 0 radical (unpaired) electrons. The second-order valence-corrected chi connectivity index (χ2v) is 5.28. The summed E-state index contributed by atoms with van der Waals surface area (Å²) in [6.07, 6.45) is 6.23. The van der Waals surface area contributed by atoms with E-state index in [4.69, 9.17) is 0 Å². The largest absolute Gasteiger partial charge is 0.507 e. The lowest BCUT2D eigenvalue weighted by atomic mass is 9.99. The van der Waals surface area contributed by atoms with Gasteiger partial charge in [-0.05, 0) is 63.8 Å². The van der Waals surface area contributed by atoms with Gasteiger partial charge in [0.1, 0.15) is 12.0 Å². The molecule has 0 aromatic heterocycles. The lowest BCUT2D eigenvalue weighted by Gasteiger charge is -2.09. The van der Waals surface area contributed by atoms with Crippen LogP contribution in [-0.4, -0.2) is 11.4 Å². The number of allylic oxidation sites excluding steroid dienone is 4. The van der Waals surface area contributed by atoms with Crippen molar-refractivity contribution in [1.29, 1.82) is 0 Å². The summed E-state index contributed by atoms with van der Waals surface area (Å²) in [6.45, 7) is 8.07. The Morgan fingerprint density at radius 2 is 1.42 bits per heavy atom. The van der Waals surface area contributed by atoms with Crippen LogP contribution in [0.15, 0.2) is 35.4 Å². The Labute approximate surface area is 115 Å². The van der Waals surface area contributed by atoms with Crippen LogP contribution in [0.1, 0.15) is 49.2 Å². The first-order valence-electron chi connectivity index (χ1n) is 6.50. The van der Waals surface area contributed by atoms with E-state index in [0.29, 0.717) is 24.2 Å². The van der Waals surface area contributed by atoms with Crippen molar-refractivity contribution < 1.29 is 9.90 Å². The number of carbonyl (C=O) groups excluding carboxylic acids is 1. The number of aldehydes is 1. The number of benzene rings is 1. The van der Waals surface area contributed by atoms with E-state index < -0.39 is 0 Å². The molecule has 0 amide bonds. The number of aromatic hydroxyl groups is 1. The van der Waals surface area contributed by atoms with Gasteiger partial charge in [-0.25, -0.2) is 0 Å². The van der Waals surface area contributed by atoms with Gasteiger partial charge in [0.15, 0.2) is 0 Å². The van der Waals surface area contributed by atoms with E-state index in [2.05, 4.69) is 0 Å². The molecular formula is C17H22O2. The normalized spacial score (nSPS) is 9.89. The first kappa shape index (κ1) is 15.2. The van der Waals surface area contributed by atoms with E-state index in [1.807, 2.05) is 39.8 Å². The van der Waals surface area contributed by atoms with Crippen molar-refractivity contribution in [1.82, 2.24) is 0 Å². The average molecular weight is 258 g/mol. The number of carbonyl (C=O) groups is 1. The highest BCUT2D eigenvalue weighted by Crippen LogP contribution is 2.26. The van der Waals surface area contributed by atoms with Crippen molar-refractivity contribution in [3.63, 3.8) is 0 Å². The minimum Gasteiger partial charge on any atom is -0.507 e. The Balaban J connectivity index is 3.16. The predicted molar refractivity (Wildman–Crippen MR) is 79.8 cm³/mol. The van der Waals surface area contributed by atoms with Crippen molar-refractivity contribution in [2.75, 3.05) is 0 Å². The molecule has 0 aliphatic carbocycles. The van der Waals surface area contributed by atoms with E-state index >= 15 is 0 Å². The monoisotopic (exact) mass is 258 g/mol. The number of phenolic OH excluding ortho intramolecular Hbond substituents is 1. The summed E-state index contributed by atoms with van der Waals surface area (Å²) in [5.41, 5.74) is 4.63. The summed E-state index contributed by atoms with van der Waals surface area (Å²) in [6, 6.07) is 3.52. The van der Waals surface area contributed by atoms with Crippen LogP contribution in [0.5, 0.6) is 5.75 Å². The summed E-state index contributed by atoms with van der Waals surface area (Å²) >= 11 is 0. The lowest BCUT2D eigenvalue weighted by Crippen LogP contribution is -1.94. The third-order valence-corrected chi connectivity index (χ3v) is 2.89. The van der Waals surface area contributed by atoms with Crippen LogP contribution < -0.4 is 0 Å². The number of hydrogen-bond acceptors (Lipinski definition) is 2. The second-order valence-electron chi connectivity index (χ2n) is 5.28. The van der Waals surface area contributed by atoms with Crippen molar-refractivity contribution in [2.24, 2.45) is 0 Å². The molecule has 0 atom stereocenters. The highest BCUT2D eigenvalue weighted by Gasteiger charge is 2.08. The molecule has 0 saturated heterocycles. The van der Waals surface area contributed by atoms with Gasteiger partial charge in [-0.1, -0.05) is 23.3 Å². The van der Waals surface area contributed by atoms with Crippen LogP contribution in [-0.2, 0) is 12.8 Å². The maximum Gasteiger partial charge on any atom is 0.150 e. The molecule has 0 saturated carbocycles. The topological polar surface area (TPSA) is 37.3 Å². The van der Waals surface area contributed by atoms with Crippen LogP contribution in [0.4, 0.5) is 0 Å². The van der Waals surface area contributed by atoms with Gasteiger partial charge in [0.25, 0.3) is 0 Å². The maximum absolute atomic E-state index is 11.0. The van der Waals surface area contributed by atoms with Crippen LogP contribution >= 0.6 is 0 Å². The molecule has 19 heavy (non-hydrogen) atoms. The van der Waals surface area contributed by atoms with E-state index in [1.54, 1.807) is 12.1 Å². The zero-order valence-electron chi connectivity index (χ0n) is 12.2. The van der Waals surface area contributed by atoms with E-state index in [1.165, 1.54) is 11.1 Å². The zero-order valence-corrected chi connectivity index (χ0v) is 12.2. The van der Waals surface area contributed by atoms with Crippen LogP contribution in [0, 0.1) is 0 Å². The van der Waals surface area contributed by atoms with Crippen molar-refractivity contribution >= 4 is 6.29 Å².